The monoisotopic (exact) mass is 306 g/mol. The fraction of sp³-hybridized carbons (Fsp3) is 0.500. The first-order valence-electron chi connectivity index (χ1n) is 7.14. The summed E-state index contributed by atoms with van der Waals surface area (Å²) >= 11 is 6.28. The van der Waals surface area contributed by atoms with Crippen molar-refractivity contribution in [1.29, 1.82) is 5.26 Å². The topological polar surface area (TPSA) is 64.3 Å². The maximum atomic E-state index is 11.3. The quantitative estimate of drug-likeness (QED) is 0.918. The molecule has 5 heteroatoms. The number of anilines is 1. The third-order valence-electron chi connectivity index (χ3n) is 4.41. The lowest BCUT2D eigenvalue weighted by Gasteiger charge is -2.45. The lowest BCUT2D eigenvalue weighted by Crippen LogP contribution is -2.49. The molecule has 0 saturated heterocycles. The zero-order valence-electron chi connectivity index (χ0n) is 12.1. The van der Waals surface area contributed by atoms with Gasteiger partial charge in [0.15, 0.2) is 0 Å². The molecule has 0 bridgehead atoms. The maximum Gasteiger partial charge on any atom is 0.305 e. The van der Waals surface area contributed by atoms with Crippen LogP contribution in [0.4, 0.5) is 5.69 Å². The van der Waals surface area contributed by atoms with Crippen LogP contribution in [0.5, 0.6) is 0 Å². The van der Waals surface area contributed by atoms with Gasteiger partial charge in [0.05, 0.1) is 34.3 Å². The summed E-state index contributed by atoms with van der Waals surface area (Å²) in [5.41, 5.74) is 0.911. The molecule has 0 spiro atoms. The second-order valence-electron chi connectivity index (χ2n) is 5.69. The van der Waals surface area contributed by atoms with Crippen LogP contribution in [-0.4, -0.2) is 23.7 Å². The molecule has 4 nitrogen and oxygen atoms in total. The molecule has 0 unspecified atom stereocenters. The van der Waals surface area contributed by atoms with Crippen LogP contribution < -0.4 is 4.90 Å². The summed E-state index contributed by atoms with van der Waals surface area (Å²) in [4.78, 5) is 13.3. The van der Waals surface area contributed by atoms with Crippen LogP contribution in [0.3, 0.4) is 0 Å². The van der Waals surface area contributed by atoms with Gasteiger partial charge < -0.3 is 10.0 Å². The predicted molar refractivity (Wildman–Crippen MR) is 82.6 cm³/mol. The van der Waals surface area contributed by atoms with E-state index in [0.29, 0.717) is 10.6 Å². The highest BCUT2D eigenvalue weighted by Gasteiger charge is 2.38. The van der Waals surface area contributed by atoms with E-state index in [2.05, 4.69) is 6.07 Å². The van der Waals surface area contributed by atoms with Gasteiger partial charge in [0.1, 0.15) is 0 Å². The van der Waals surface area contributed by atoms with E-state index in [9.17, 15) is 9.90 Å². The summed E-state index contributed by atoms with van der Waals surface area (Å²) in [6.07, 6.45) is 5.03. The van der Waals surface area contributed by atoms with E-state index in [4.69, 9.17) is 16.9 Å². The average molecular weight is 307 g/mol. The first-order valence-corrected chi connectivity index (χ1v) is 7.51. The molecule has 0 atom stereocenters. The Bertz CT molecular complexity index is 574. The third kappa shape index (κ3) is 3.30. The van der Waals surface area contributed by atoms with Crippen LogP contribution in [0, 0.1) is 11.3 Å². The Balaban J connectivity index is 2.36. The zero-order chi connectivity index (χ0) is 15.5. The second-order valence-corrected chi connectivity index (χ2v) is 6.10. The van der Waals surface area contributed by atoms with Crippen molar-refractivity contribution in [2.45, 2.75) is 44.1 Å². The molecule has 0 heterocycles. The maximum absolute atomic E-state index is 11.3. The molecule has 0 radical (unpaired) electrons. The van der Waals surface area contributed by atoms with Crippen molar-refractivity contribution in [3.8, 4) is 6.07 Å². The molecule has 1 saturated carbocycles. The molecule has 0 aliphatic heterocycles. The van der Waals surface area contributed by atoms with Crippen molar-refractivity contribution in [1.82, 2.24) is 0 Å². The fourth-order valence-corrected chi connectivity index (χ4v) is 3.53. The first-order chi connectivity index (χ1) is 9.98. The fourth-order valence-electron chi connectivity index (χ4n) is 3.23. The van der Waals surface area contributed by atoms with Gasteiger partial charge in [-0.2, -0.15) is 5.26 Å². The summed E-state index contributed by atoms with van der Waals surface area (Å²) in [6.45, 7) is 0. The molecule has 1 aliphatic rings. The van der Waals surface area contributed by atoms with Crippen LogP contribution in [0.1, 0.15) is 44.1 Å². The van der Waals surface area contributed by atoms with E-state index >= 15 is 0 Å². The van der Waals surface area contributed by atoms with Gasteiger partial charge in [-0.1, -0.05) is 30.9 Å². The van der Waals surface area contributed by atoms with E-state index in [-0.39, 0.29) is 12.0 Å². The molecule has 1 aromatic rings. The Labute approximate surface area is 129 Å². The van der Waals surface area contributed by atoms with E-state index in [1.165, 1.54) is 0 Å². The number of hydrogen-bond donors (Lipinski definition) is 1. The zero-order valence-corrected chi connectivity index (χ0v) is 12.9. The van der Waals surface area contributed by atoms with Crippen LogP contribution in [-0.2, 0) is 4.79 Å². The van der Waals surface area contributed by atoms with Gasteiger partial charge >= 0.3 is 5.97 Å². The van der Waals surface area contributed by atoms with Gasteiger partial charge in [0.25, 0.3) is 0 Å². The number of halogens is 1. The Morgan fingerprint density at radius 2 is 2.10 bits per heavy atom. The largest absolute Gasteiger partial charge is 0.481 e. The minimum absolute atomic E-state index is 0.111. The van der Waals surface area contributed by atoms with Crippen LogP contribution in [0.15, 0.2) is 18.2 Å². The minimum Gasteiger partial charge on any atom is -0.481 e. The van der Waals surface area contributed by atoms with Crippen molar-refractivity contribution >= 4 is 23.3 Å². The van der Waals surface area contributed by atoms with Crippen molar-refractivity contribution in [2.24, 2.45) is 0 Å². The number of carboxylic acids is 1. The highest BCUT2D eigenvalue weighted by atomic mass is 35.5. The van der Waals surface area contributed by atoms with E-state index in [1.54, 1.807) is 18.2 Å². The van der Waals surface area contributed by atoms with Gasteiger partial charge in [-0.25, -0.2) is 0 Å². The number of nitrogens with zero attached hydrogens (tertiary/aromatic N) is 2. The molecule has 1 N–H and O–H groups in total. The van der Waals surface area contributed by atoms with Crippen LogP contribution in [0.25, 0.3) is 0 Å². The lowest BCUT2D eigenvalue weighted by atomic mass is 9.78. The molecule has 21 heavy (non-hydrogen) atoms. The first kappa shape index (κ1) is 15.7. The van der Waals surface area contributed by atoms with Gasteiger partial charge in [-0.3, -0.25) is 4.79 Å². The number of rotatable bonds is 4. The van der Waals surface area contributed by atoms with Crippen LogP contribution in [0.2, 0.25) is 5.02 Å². The molecule has 1 aromatic carbocycles. The SMILES string of the molecule is CN(c1ccc(C#N)cc1Cl)C1(CC(=O)O)CCCCC1. The van der Waals surface area contributed by atoms with E-state index < -0.39 is 5.97 Å². The number of benzene rings is 1. The molecule has 112 valence electrons. The Morgan fingerprint density at radius 1 is 1.43 bits per heavy atom. The van der Waals surface area contributed by atoms with Crippen molar-refractivity contribution in [3.63, 3.8) is 0 Å². The number of nitriles is 1. The lowest BCUT2D eigenvalue weighted by molar-refractivity contribution is -0.138. The number of hydrogen-bond acceptors (Lipinski definition) is 3. The summed E-state index contributed by atoms with van der Waals surface area (Å²) in [5.74, 6) is -0.784. The predicted octanol–water partition coefficient (Wildman–Crippen LogP) is 3.83. The number of aliphatic carboxylic acids is 1. The minimum atomic E-state index is -0.784. The number of carbonyl (C=O) groups is 1. The van der Waals surface area contributed by atoms with Crippen molar-refractivity contribution in [2.75, 3.05) is 11.9 Å². The average Bonchev–Trinajstić information content (AvgIpc) is 2.46. The van der Waals surface area contributed by atoms with Gasteiger partial charge in [0, 0.05) is 7.05 Å². The highest BCUT2D eigenvalue weighted by Crippen LogP contribution is 2.40. The van der Waals surface area contributed by atoms with E-state index in [1.807, 2.05) is 11.9 Å². The smallest absolute Gasteiger partial charge is 0.305 e. The Morgan fingerprint density at radius 3 is 2.62 bits per heavy atom. The van der Waals surface area contributed by atoms with Crippen LogP contribution >= 0.6 is 11.6 Å². The highest BCUT2D eigenvalue weighted by molar-refractivity contribution is 6.33. The summed E-state index contributed by atoms with van der Waals surface area (Å²) in [5, 5.41) is 18.7. The molecular formula is C16H19ClN2O2. The third-order valence-corrected chi connectivity index (χ3v) is 4.72. The second kappa shape index (κ2) is 6.36. The molecule has 2 rings (SSSR count). The summed E-state index contributed by atoms with van der Waals surface area (Å²) in [7, 11) is 1.90. The van der Waals surface area contributed by atoms with Crippen molar-refractivity contribution in [3.05, 3.63) is 28.8 Å². The summed E-state index contributed by atoms with van der Waals surface area (Å²) < 4.78 is 0. The van der Waals surface area contributed by atoms with E-state index in [0.717, 1.165) is 37.8 Å². The van der Waals surface area contributed by atoms with Gasteiger partial charge in [-0.05, 0) is 31.0 Å². The Hall–Kier alpha value is -1.73. The Kier molecular flexibility index (Phi) is 4.74. The molecule has 0 amide bonds. The summed E-state index contributed by atoms with van der Waals surface area (Å²) in [6, 6.07) is 7.21. The molecule has 0 aromatic heterocycles. The van der Waals surface area contributed by atoms with Gasteiger partial charge in [-0.15, -0.1) is 0 Å². The molecular weight excluding hydrogens is 288 g/mol. The standard InChI is InChI=1S/C16H19ClN2O2/c1-19(14-6-5-12(11-18)9-13(14)17)16(10-15(20)21)7-3-2-4-8-16/h5-6,9H,2-4,7-8,10H2,1H3,(H,20,21). The normalized spacial score (nSPS) is 17.0. The number of carboxylic acid groups (broad SMARTS) is 1. The van der Waals surface area contributed by atoms with Crippen molar-refractivity contribution < 1.29 is 9.90 Å². The molecule has 1 fully saturated rings. The molecule has 1 aliphatic carbocycles. The van der Waals surface area contributed by atoms with Gasteiger partial charge in [0.2, 0.25) is 0 Å².